The van der Waals surface area contributed by atoms with Gasteiger partial charge in [-0.1, -0.05) is 19.4 Å². The summed E-state index contributed by atoms with van der Waals surface area (Å²) in [5.74, 6) is -0.748. The molecule has 0 aromatic heterocycles. The Hall–Kier alpha value is -2.89. The van der Waals surface area contributed by atoms with E-state index in [0.29, 0.717) is 23.5 Å². The number of hydrogen-bond donors (Lipinski definition) is 3. The second-order valence-electron chi connectivity index (χ2n) is 5.60. The van der Waals surface area contributed by atoms with E-state index in [0.717, 1.165) is 12.8 Å². The molecule has 2 aromatic rings. The van der Waals surface area contributed by atoms with E-state index in [2.05, 4.69) is 22.9 Å². The molecule has 3 N–H and O–H groups in total. The van der Waals surface area contributed by atoms with Crippen LogP contribution in [0.25, 0.3) is 0 Å². The highest BCUT2D eigenvalue weighted by atomic mass is 19.1. The van der Waals surface area contributed by atoms with Crippen LogP contribution in [0.15, 0.2) is 48.5 Å². The quantitative estimate of drug-likeness (QED) is 0.643. The zero-order valence-electron chi connectivity index (χ0n) is 14.1. The number of amides is 2. The third kappa shape index (κ3) is 6.25. The van der Waals surface area contributed by atoms with E-state index in [4.69, 9.17) is 0 Å². The maximum Gasteiger partial charge on any atom is 0.251 e. The third-order valence-corrected chi connectivity index (χ3v) is 3.52. The number of carbonyl (C=O) groups is 2. The molecule has 0 radical (unpaired) electrons. The number of hydrogen-bond acceptors (Lipinski definition) is 3. The highest BCUT2D eigenvalue weighted by Crippen LogP contribution is 2.11. The van der Waals surface area contributed by atoms with Gasteiger partial charge in [0.05, 0.1) is 6.54 Å². The molecule has 6 heteroatoms. The van der Waals surface area contributed by atoms with Gasteiger partial charge in [0.1, 0.15) is 5.82 Å². The Labute approximate surface area is 146 Å². The van der Waals surface area contributed by atoms with Crippen molar-refractivity contribution in [3.8, 4) is 0 Å². The highest BCUT2D eigenvalue weighted by molar-refractivity contribution is 5.96. The number of carbonyl (C=O) groups excluding carboxylic acids is 2. The molecule has 25 heavy (non-hydrogen) atoms. The molecular weight excluding hydrogens is 321 g/mol. The van der Waals surface area contributed by atoms with Gasteiger partial charge in [0, 0.05) is 23.5 Å². The minimum atomic E-state index is -0.356. The molecule has 2 aromatic carbocycles. The van der Waals surface area contributed by atoms with Crippen LogP contribution >= 0.6 is 0 Å². The Morgan fingerprint density at radius 1 is 1.04 bits per heavy atom. The second kappa shape index (κ2) is 9.42. The van der Waals surface area contributed by atoms with Gasteiger partial charge >= 0.3 is 0 Å². The van der Waals surface area contributed by atoms with E-state index in [9.17, 15) is 14.0 Å². The van der Waals surface area contributed by atoms with E-state index in [1.54, 1.807) is 24.3 Å². The van der Waals surface area contributed by atoms with Crippen LogP contribution in [0.2, 0.25) is 0 Å². The summed E-state index contributed by atoms with van der Waals surface area (Å²) in [6.45, 7) is 2.75. The molecule has 2 amide bonds. The Kier molecular flexibility index (Phi) is 6.95. The average molecular weight is 343 g/mol. The van der Waals surface area contributed by atoms with Gasteiger partial charge in [0.15, 0.2) is 0 Å². The highest BCUT2D eigenvalue weighted by Gasteiger charge is 2.07. The molecule has 2 rings (SSSR count). The standard InChI is InChI=1S/C19H22FN3O2/c1-2-3-11-21-19(25)14-5-4-6-17(12-14)22-13-18(24)23-16-9-7-15(20)8-10-16/h4-10,12,22H,2-3,11,13H2,1H3,(H,21,25)(H,23,24). The van der Waals surface area contributed by atoms with Crippen LogP contribution in [-0.4, -0.2) is 24.9 Å². The van der Waals surface area contributed by atoms with Gasteiger partial charge in [0.2, 0.25) is 5.91 Å². The number of unbranched alkanes of at least 4 members (excludes halogenated alkanes) is 1. The first-order chi connectivity index (χ1) is 12.1. The monoisotopic (exact) mass is 343 g/mol. The molecule has 0 atom stereocenters. The molecular formula is C19H22FN3O2. The Morgan fingerprint density at radius 3 is 2.52 bits per heavy atom. The van der Waals surface area contributed by atoms with Crippen LogP contribution in [0.1, 0.15) is 30.1 Å². The van der Waals surface area contributed by atoms with E-state index >= 15 is 0 Å². The summed E-state index contributed by atoms with van der Waals surface area (Å²) in [5, 5.41) is 8.49. The summed E-state index contributed by atoms with van der Waals surface area (Å²) in [4.78, 5) is 23.9. The van der Waals surface area contributed by atoms with Gasteiger partial charge in [-0.3, -0.25) is 9.59 Å². The summed E-state index contributed by atoms with van der Waals surface area (Å²) in [7, 11) is 0. The van der Waals surface area contributed by atoms with Crippen molar-refractivity contribution >= 4 is 23.2 Å². The summed E-state index contributed by atoms with van der Waals surface area (Å²) < 4.78 is 12.8. The molecule has 0 aliphatic heterocycles. The first kappa shape index (κ1) is 18.4. The lowest BCUT2D eigenvalue weighted by molar-refractivity contribution is -0.114. The largest absolute Gasteiger partial charge is 0.376 e. The number of benzene rings is 2. The van der Waals surface area contributed by atoms with Gasteiger partial charge in [-0.15, -0.1) is 0 Å². The fourth-order valence-corrected chi connectivity index (χ4v) is 2.17. The molecule has 0 spiro atoms. The van der Waals surface area contributed by atoms with Gasteiger partial charge in [-0.2, -0.15) is 0 Å². The van der Waals surface area contributed by atoms with E-state index in [-0.39, 0.29) is 24.2 Å². The van der Waals surface area contributed by atoms with Crippen molar-refractivity contribution in [2.45, 2.75) is 19.8 Å². The van der Waals surface area contributed by atoms with E-state index in [1.807, 2.05) is 0 Å². The third-order valence-electron chi connectivity index (χ3n) is 3.52. The molecule has 0 saturated carbocycles. The number of anilines is 2. The van der Waals surface area contributed by atoms with Crippen molar-refractivity contribution in [2.75, 3.05) is 23.7 Å². The molecule has 0 bridgehead atoms. The summed E-state index contributed by atoms with van der Waals surface area (Å²) in [5.41, 5.74) is 1.75. The maximum absolute atomic E-state index is 12.8. The van der Waals surface area contributed by atoms with Gasteiger partial charge in [0.25, 0.3) is 5.91 Å². The number of nitrogens with one attached hydrogen (secondary N) is 3. The Morgan fingerprint density at radius 2 is 1.80 bits per heavy atom. The molecule has 0 heterocycles. The van der Waals surface area contributed by atoms with Crippen molar-refractivity contribution in [1.29, 1.82) is 0 Å². The summed E-state index contributed by atoms with van der Waals surface area (Å²) in [6.07, 6.45) is 1.96. The number of rotatable bonds is 8. The van der Waals surface area contributed by atoms with Crippen molar-refractivity contribution in [2.24, 2.45) is 0 Å². The van der Waals surface area contributed by atoms with Gasteiger partial charge in [-0.05, 0) is 48.9 Å². The van der Waals surface area contributed by atoms with E-state index < -0.39 is 0 Å². The fraction of sp³-hybridized carbons (Fsp3) is 0.263. The van der Waals surface area contributed by atoms with Gasteiger partial charge < -0.3 is 16.0 Å². The predicted octanol–water partition coefficient (Wildman–Crippen LogP) is 3.41. The van der Waals surface area contributed by atoms with Crippen LogP contribution < -0.4 is 16.0 Å². The summed E-state index contributed by atoms with van der Waals surface area (Å²) >= 11 is 0. The van der Waals surface area contributed by atoms with Crippen molar-refractivity contribution < 1.29 is 14.0 Å². The average Bonchev–Trinajstić information content (AvgIpc) is 2.62. The molecule has 0 saturated heterocycles. The SMILES string of the molecule is CCCCNC(=O)c1cccc(NCC(=O)Nc2ccc(F)cc2)c1. The lowest BCUT2D eigenvalue weighted by atomic mass is 10.2. The van der Waals surface area contributed by atoms with E-state index in [1.165, 1.54) is 24.3 Å². The lowest BCUT2D eigenvalue weighted by Crippen LogP contribution is -2.25. The normalized spacial score (nSPS) is 10.2. The predicted molar refractivity (Wildman–Crippen MR) is 97.2 cm³/mol. The zero-order chi connectivity index (χ0) is 18.1. The number of halogens is 1. The van der Waals surface area contributed by atoms with Crippen molar-refractivity contribution in [3.63, 3.8) is 0 Å². The second-order valence-corrected chi connectivity index (χ2v) is 5.60. The zero-order valence-corrected chi connectivity index (χ0v) is 14.1. The topological polar surface area (TPSA) is 70.2 Å². The van der Waals surface area contributed by atoms with Crippen LogP contribution in [0, 0.1) is 5.82 Å². The van der Waals surface area contributed by atoms with Crippen molar-refractivity contribution in [3.05, 3.63) is 59.9 Å². The van der Waals surface area contributed by atoms with Crippen molar-refractivity contribution in [1.82, 2.24) is 5.32 Å². The van der Waals surface area contributed by atoms with Crippen LogP contribution in [0.4, 0.5) is 15.8 Å². The molecule has 5 nitrogen and oxygen atoms in total. The first-order valence-electron chi connectivity index (χ1n) is 8.26. The minimum Gasteiger partial charge on any atom is -0.376 e. The first-order valence-corrected chi connectivity index (χ1v) is 8.26. The molecule has 0 unspecified atom stereocenters. The molecule has 0 aliphatic carbocycles. The van der Waals surface area contributed by atoms with Crippen LogP contribution in [0.5, 0.6) is 0 Å². The summed E-state index contributed by atoms with van der Waals surface area (Å²) in [6, 6.07) is 12.5. The molecule has 0 fully saturated rings. The minimum absolute atomic E-state index is 0.0400. The Bertz CT molecular complexity index is 717. The Balaban J connectivity index is 1.85. The lowest BCUT2D eigenvalue weighted by Gasteiger charge is -2.09. The van der Waals surface area contributed by atoms with Crippen LogP contribution in [0.3, 0.4) is 0 Å². The van der Waals surface area contributed by atoms with Crippen LogP contribution in [-0.2, 0) is 4.79 Å². The molecule has 132 valence electrons. The molecule has 0 aliphatic rings. The maximum atomic E-state index is 12.8. The van der Waals surface area contributed by atoms with Gasteiger partial charge in [-0.25, -0.2) is 4.39 Å². The fourth-order valence-electron chi connectivity index (χ4n) is 2.17. The smallest absolute Gasteiger partial charge is 0.251 e.